The third-order valence-electron chi connectivity index (χ3n) is 2.88. The van der Waals surface area contributed by atoms with Crippen molar-refractivity contribution in [3.63, 3.8) is 0 Å². The number of methoxy groups -OCH3 is 1. The summed E-state index contributed by atoms with van der Waals surface area (Å²) in [6.07, 6.45) is 0.725. The SMILES string of the molecule is CCc1c(OC)cccc1C(=O)N(N)C(C)(C)C. The van der Waals surface area contributed by atoms with E-state index in [9.17, 15) is 4.79 Å². The Balaban J connectivity index is 3.21. The van der Waals surface area contributed by atoms with Crippen molar-refractivity contribution >= 4 is 5.91 Å². The van der Waals surface area contributed by atoms with Crippen molar-refractivity contribution in [2.24, 2.45) is 5.84 Å². The summed E-state index contributed by atoms with van der Waals surface area (Å²) in [7, 11) is 1.60. The van der Waals surface area contributed by atoms with Crippen LogP contribution in [0.2, 0.25) is 0 Å². The van der Waals surface area contributed by atoms with Gasteiger partial charge in [-0.2, -0.15) is 0 Å². The number of amides is 1. The van der Waals surface area contributed by atoms with Crippen molar-refractivity contribution in [3.05, 3.63) is 29.3 Å². The van der Waals surface area contributed by atoms with E-state index in [1.165, 1.54) is 5.01 Å². The molecule has 0 spiro atoms. The van der Waals surface area contributed by atoms with E-state index in [2.05, 4.69) is 0 Å². The first-order valence-corrected chi connectivity index (χ1v) is 6.08. The van der Waals surface area contributed by atoms with E-state index >= 15 is 0 Å². The van der Waals surface area contributed by atoms with Crippen molar-refractivity contribution in [2.45, 2.75) is 39.7 Å². The third kappa shape index (κ3) is 2.82. The van der Waals surface area contributed by atoms with Gasteiger partial charge in [-0.3, -0.25) is 9.80 Å². The van der Waals surface area contributed by atoms with Gasteiger partial charge in [-0.15, -0.1) is 0 Å². The highest BCUT2D eigenvalue weighted by Gasteiger charge is 2.26. The van der Waals surface area contributed by atoms with Crippen molar-refractivity contribution in [3.8, 4) is 5.75 Å². The lowest BCUT2D eigenvalue weighted by Gasteiger charge is -2.31. The number of hydrazine groups is 1. The lowest BCUT2D eigenvalue weighted by Crippen LogP contribution is -2.50. The van der Waals surface area contributed by atoms with Crippen molar-refractivity contribution in [2.75, 3.05) is 7.11 Å². The number of carbonyl (C=O) groups is 1. The Morgan fingerprint density at radius 1 is 1.39 bits per heavy atom. The summed E-state index contributed by atoms with van der Waals surface area (Å²) in [5.74, 6) is 6.43. The van der Waals surface area contributed by atoms with Crippen molar-refractivity contribution in [1.29, 1.82) is 0 Å². The summed E-state index contributed by atoms with van der Waals surface area (Å²) in [5, 5.41) is 1.26. The molecule has 0 aliphatic rings. The van der Waals surface area contributed by atoms with Gasteiger partial charge in [-0.05, 0) is 39.3 Å². The van der Waals surface area contributed by atoms with Gasteiger partial charge in [0.15, 0.2) is 0 Å². The molecule has 1 amide bonds. The zero-order chi connectivity index (χ0) is 13.9. The molecule has 2 N–H and O–H groups in total. The van der Waals surface area contributed by atoms with Crippen LogP contribution in [0, 0.1) is 0 Å². The third-order valence-corrected chi connectivity index (χ3v) is 2.88. The Labute approximate surface area is 109 Å². The highest BCUT2D eigenvalue weighted by atomic mass is 16.5. The lowest BCUT2D eigenvalue weighted by molar-refractivity contribution is 0.0580. The molecule has 1 aromatic carbocycles. The van der Waals surface area contributed by atoms with Crippen LogP contribution >= 0.6 is 0 Å². The van der Waals surface area contributed by atoms with E-state index in [1.807, 2.05) is 39.8 Å². The highest BCUT2D eigenvalue weighted by molar-refractivity contribution is 5.96. The van der Waals surface area contributed by atoms with Gasteiger partial charge in [0.1, 0.15) is 5.75 Å². The number of carbonyl (C=O) groups excluding carboxylic acids is 1. The molecule has 0 aromatic heterocycles. The van der Waals surface area contributed by atoms with Gasteiger partial charge in [0.25, 0.3) is 5.91 Å². The zero-order valence-corrected chi connectivity index (χ0v) is 11.8. The van der Waals surface area contributed by atoms with Crippen LogP contribution in [0.5, 0.6) is 5.75 Å². The monoisotopic (exact) mass is 250 g/mol. The molecule has 0 fully saturated rings. The number of ether oxygens (including phenoxy) is 1. The summed E-state index contributed by atoms with van der Waals surface area (Å²) < 4.78 is 5.28. The standard InChI is InChI=1S/C14H22N2O2/c1-6-10-11(8-7-9-12(10)18-5)13(17)16(15)14(2,3)4/h7-9H,6,15H2,1-5H3. The number of rotatable bonds is 3. The van der Waals surface area contributed by atoms with Crippen LogP contribution in [0.3, 0.4) is 0 Å². The molecule has 0 saturated heterocycles. The second-order valence-electron chi connectivity index (χ2n) is 5.19. The predicted octanol–water partition coefficient (Wildman–Crippen LogP) is 2.37. The molecule has 4 nitrogen and oxygen atoms in total. The van der Waals surface area contributed by atoms with E-state index < -0.39 is 5.54 Å². The molecule has 1 rings (SSSR count). The summed E-state index contributed by atoms with van der Waals surface area (Å²) in [6.45, 7) is 7.69. The van der Waals surface area contributed by atoms with E-state index in [0.717, 1.165) is 17.7 Å². The molecule has 0 unspecified atom stereocenters. The first-order valence-electron chi connectivity index (χ1n) is 6.08. The molecule has 0 atom stereocenters. The van der Waals surface area contributed by atoms with E-state index in [4.69, 9.17) is 10.6 Å². The number of hydrogen-bond acceptors (Lipinski definition) is 3. The van der Waals surface area contributed by atoms with Gasteiger partial charge in [0.2, 0.25) is 0 Å². The maximum absolute atomic E-state index is 12.4. The predicted molar refractivity (Wildman–Crippen MR) is 72.5 cm³/mol. The van der Waals surface area contributed by atoms with Gasteiger partial charge < -0.3 is 4.74 Å². The minimum Gasteiger partial charge on any atom is -0.496 e. The van der Waals surface area contributed by atoms with Crippen LogP contribution < -0.4 is 10.6 Å². The Bertz CT molecular complexity index is 436. The fourth-order valence-corrected chi connectivity index (χ4v) is 1.76. The Morgan fingerprint density at radius 2 is 2.00 bits per heavy atom. The van der Waals surface area contributed by atoms with Crippen LogP contribution in [0.1, 0.15) is 43.6 Å². The number of nitrogens with two attached hydrogens (primary N) is 1. The summed E-state index contributed by atoms with van der Waals surface area (Å²) in [5.41, 5.74) is 1.09. The van der Waals surface area contributed by atoms with Gasteiger partial charge in [0, 0.05) is 11.1 Å². The first kappa shape index (κ1) is 14.5. The topological polar surface area (TPSA) is 55.6 Å². The summed E-state index contributed by atoms with van der Waals surface area (Å²) in [4.78, 5) is 12.4. The average molecular weight is 250 g/mol. The van der Waals surface area contributed by atoms with Crippen LogP contribution in [0.25, 0.3) is 0 Å². The summed E-state index contributed by atoms with van der Waals surface area (Å²) >= 11 is 0. The maximum atomic E-state index is 12.4. The molecule has 0 heterocycles. The van der Waals surface area contributed by atoms with Crippen LogP contribution in [-0.2, 0) is 6.42 Å². The molecular formula is C14H22N2O2. The second-order valence-corrected chi connectivity index (χ2v) is 5.19. The quantitative estimate of drug-likeness (QED) is 0.509. The molecule has 0 saturated carbocycles. The molecule has 4 heteroatoms. The molecule has 0 bridgehead atoms. The van der Waals surface area contributed by atoms with Crippen molar-refractivity contribution < 1.29 is 9.53 Å². The lowest BCUT2D eigenvalue weighted by atomic mass is 10.0. The molecule has 0 aliphatic carbocycles. The molecule has 18 heavy (non-hydrogen) atoms. The first-order chi connectivity index (χ1) is 8.32. The van der Waals surface area contributed by atoms with Gasteiger partial charge in [-0.25, -0.2) is 5.84 Å². The van der Waals surface area contributed by atoms with E-state index in [1.54, 1.807) is 13.2 Å². The highest BCUT2D eigenvalue weighted by Crippen LogP contribution is 2.25. The van der Waals surface area contributed by atoms with Gasteiger partial charge in [0.05, 0.1) is 12.6 Å². The molecule has 0 aliphatic heterocycles. The zero-order valence-electron chi connectivity index (χ0n) is 11.8. The fourth-order valence-electron chi connectivity index (χ4n) is 1.76. The Kier molecular flexibility index (Phi) is 4.35. The normalized spacial score (nSPS) is 11.2. The average Bonchev–Trinajstić information content (AvgIpc) is 2.34. The minimum atomic E-state index is -0.412. The molecule has 0 radical (unpaired) electrons. The smallest absolute Gasteiger partial charge is 0.268 e. The van der Waals surface area contributed by atoms with Gasteiger partial charge in [-0.1, -0.05) is 13.0 Å². The fraction of sp³-hybridized carbons (Fsp3) is 0.500. The van der Waals surface area contributed by atoms with Crippen LogP contribution in [-0.4, -0.2) is 23.6 Å². The van der Waals surface area contributed by atoms with E-state index in [0.29, 0.717) is 5.56 Å². The van der Waals surface area contributed by atoms with Gasteiger partial charge >= 0.3 is 0 Å². The largest absolute Gasteiger partial charge is 0.496 e. The number of nitrogens with zero attached hydrogens (tertiary/aromatic N) is 1. The number of benzene rings is 1. The summed E-state index contributed by atoms with van der Waals surface area (Å²) in [6, 6.07) is 5.45. The number of hydrogen-bond donors (Lipinski definition) is 1. The van der Waals surface area contributed by atoms with E-state index in [-0.39, 0.29) is 5.91 Å². The molecule has 100 valence electrons. The van der Waals surface area contributed by atoms with Crippen LogP contribution in [0.4, 0.5) is 0 Å². The van der Waals surface area contributed by atoms with Crippen molar-refractivity contribution in [1.82, 2.24) is 5.01 Å². The van der Waals surface area contributed by atoms with Crippen LogP contribution in [0.15, 0.2) is 18.2 Å². The molecular weight excluding hydrogens is 228 g/mol. The minimum absolute atomic E-state index is 0.182. The molecule has 1 aromatic rings. The second kappa shape index (κ2) is 5.40. The Morgan fingerprint density at radius 3 is 2.44 bits per heavy atom. The Hall–Kier alpha value is -1.55. The maximum Gasteiger partial charge on any atom is 0.268 e.